The lowest BCUT2D eigenvalue weighted by molar-refractivity contribution is -0.314. The molecule has 17 nitrogen and oxygen atoms in total. The number of carbonyl (C=O) groups excluding carboxylic acids is 4. The number of aromatic hydroxyl groups is 2. The SMILES string of the molecule is CC[C@H]1CCC[C@H](O[C@H]2CC[C@H](N(C)C(=O)c3ccc4c(c3)C(=O)OC43c4ccc(O)cc4Oc4cc(O)ccc43)C(C)O2)[C@@H](C)C(=O)C2=C[C@@H]3[C@@H](C=C[C@@H]4C[C@@H](OC5OC(C)C(OC)C(OC)C5OC)C[C@@H]34)[C@@H]2CC(=O)O1. The normalized spacial score (nSPS) is 35.8. The minimum atomic E-state index is -1.46. The molecule has 1 spiro atoms. The number of allylic oxidation sites excluding steroid dienone is 4. The van der Waals surface area contributed by atoms with Crippen molar-refractivity contribution in [3.63, 3.8) is 0 Å². The summed E-state index contributed by atoms with van der Waals surface area (Å²) < 4.78 is 62.5. The Hall–Kier alpha value is -5.66. The molecule has 3 aromatic carbocycles. The third-order valence-electron chi connectivity index (χ3n) is 18.4. The first-order chi connectivity index (χ1) is 37.5. The summed E-state index contributed by atoms with van der Waals surface area (Å²) in [5.41, 5.74) is 1.17. The van der Waals surface area contributed by atoms with E-state index in [1.54, 1.807) is 63.6 Å². The van der Waals surface area contributed by atoms with Crippen molar-refractivity contribution in [1.82, 2.24) is 4.90 Å². The number of ketones is 1. The Morgan fingerprint density at radius 2 is 1.47 bits per heavy atom. The van der Waals surface area contributed by atoms with Gasteiger partial charge >= 0.3 is 11.9 Å². The quantitative estimate of drug-likeness (QED) is 0.144. The first kappa shape index (κ1) is 54.3. The van der Waals surface area contributed by atoms with Crippen molar-refractivity contribution in [1.29, 1.82) is 0 Å². The molecule has 17 heteroatoms. The van der Waals surface area contributed by atoms with Crippen molar-refractivity contribution >= 4 is 23.6 Å². The lowest BCUT2D eigenvalue weighted by Gasteiger charge is -2.44. The minimum absolute atomic E-state index is 0.0221. The highest BCUT2D eigenvalue weighted by molar-refractivity contribution is 6.02. The topological polar surface area (TPSA) is 204 Å². The number of carbonyl (C=O) groups is 4. The maximum atomic E-state index is 15.1. The van der Waals surface area contributed by atoms with Crippen LogP contribution in [0.15, 0.2) is 78.4 Å². The Labute approximate surface area is 455 Å². The van der Waals surface area contributed by atoms with E-state index in [4.69, 9.17) is 47.4 Å². The van der Waals surface area contributed by atoms with Gasteiger partial charge in [0.2, 0.25) is 0 Å². The van der Waals surface area contributed by atoms with Crippen LogP contribution in [0.4, 0.5) is 0 Å². The summed E-state index contributed by atoms with van der Waals surface area (Å²) in [4.78, 5) is 58.8. The van der Waals surface area contributed by atoms with E-state index in [1.165, 1.54) is 24.3 Å². The number of rotatable bonds is 10. The Bertz CT molecular complexity index is 2810. The van der Waals surface area contributed by atoms with Crippen molar-refractivity contribution in [3.05, 3.63) is 106 Å². The molecule has 0 bridgehead atoms. The number of likely N-dealkylation sites (N-methyl/N-ethyl adjacent to an activating group) is 1. The van der Waals surface area contributed by atoms with Crippen LogP contribution in [0.25, 0.3) is 0 Å². The second kappa shape index (κ2) is 21.8. The summed E-state index contributed by atoms with van der Waals surface area (Å²) in [5, 5.41) is 20.7. The van der Waals surface area contributed by atoms with Gasteiger partial charge in [-0.05, 0) is 124 Å². The molecule has 11 rings (SSSR count). The highest BCUT2D eigenvalue weighted by Crippen LogP contribution is 2.58. The van der Waals surface area contributed by atoms with E-state index < -0.39 is 48.4 Å². The molecule has 4 fully saturated rings. The maximum Gasteiger partial charge on any atom is 0.340 e. The number of hydrogen-bond acceptors (Lipinski definition) is 16. The standard InChI is InChI=1S/C61H73NO16/c1-9-37-11-10-12-49(30(2)54(66)43-28-41-39(42(43)29-52(65)74-37)17-13-33-23-38(27-40(33)41)75-60-57(71-8)56(70-7)55(69-6)32(4)73-60)77-53-22-21-48(31(3)72-53)62(5)58(67)34-14-18-45-44(24-34)59(68)78-61(45)46-19-15-35(63)25-50(46)76-51-26-36(64)16-20-47(51)61/h13-20,24-26,28,30-33,37-42,48-49,53,55-57,60,63-64H,9-12,21-23,27,29H2,1-8H3/t30-,31?,32?,33-,37+,38-,39-,40-,41-,42+,48+,49+,53+,55?,56?,57?,60?/m1/s1. The summed E-state index contributed by atoms with van der Waals surface area (Å²) in [6, 6.07) is 13.7. The first-order valence-electron chi connectivity index (χ1n) is 27.9. The molecule has 2 N–H and O–H groups in total. The fraction of sp³-hybridized carbons (Fsp3) is 0.574. The molecule has 3 saturated heterocycles. The fourth-order valence-electron chi connectivity index (χ4n) is 14.4. The van der Waals surface area contributed by atoms with Crippen LogP contribution in [0, 0.1) is 35.5 Å². The molecule has 5 heterocycles. The molecule has 3 aliphatic carbocycles. The molecule has 0 radical (unpaired) electrons. The van der Waals surface area contributed by atoms with E-state index in [2.05, 4.69) is 18.2 Å². The van der Waals surface area contributed by atoms with Gasteiger partial charge in [0.15, 0.2) is 24.0 Å². The van der Waals surface area contributed by atoms with E-state index in [9.17, 15) is 24.6 Å². The van der Waals surface area contributed by atoms with Crippen LogP contribution in [0.1, 0.15) is 123 Å². The average Bonchev–Trinajstić information content (AvgIpc) is 3.85. The van der Waals surface area contributed by atoms with Gasteiger partial charge in [-0.25, -0.2) is 4.79 Å². The Balaban J connectivity index is 0.778. The smallest absolute Gasteiger partial charge is 0.340 e. The predicted molar refractivity (Wildman–Crippen MR) is 281 cm³/mol. The van der Waals surface area contributed by atoms with Crippen LogP contribution in [-0.4, -0.2) is 135 Å². The van der Waals surface area contributed by atoms with Gasteiger partial charge in [0.1, 0.15) is 47.4 Å². The number of methoxy groups -OCH3 is 3. The number of amides is 1. The Morgan fingerprint density at radius 3 is 2.15 bits per heavy atom. The molecule has 3 aromatic rings. The number of benzene rings is 3. The Morgan fingerprint density at radius 1 is 0.769 bits per heavy atom. The van der Waals surface area contributed by atoms with E-state index in [0.29, 0.717) is 60.8 Å². The van der Waals surface area contributed by atoms with Crippen molar-refractivity contribution in [2.45, 2.75) is 159 Å². The van der Waals surface area contributed by atoms with Crippen LogP contribution >= 0.6 is 0 Å². The number of Topliss-reactive ketones (excluding diaryl/α,β-unsaturated/α-hetero) is 1. The molecule has 17 atom stereocenters. The zero-order valence-corrected chi connectivity index (χ0v) is 45.7. The summed E-state index contributed by atoms with van der Waals surface area (Å²) >= 11 is 0. The lowest BCUT2D eigenvalue weighted by Crippen LogP contribution is -2.59. The van der Waals surface area contributed by atoms with E-state index >= 15 is 4.79 Å². The fourth-order valence-corrected chi connectivity index (χ4v) is 14.4. The van der Waals surface area contributed by atoms with Crippen molar-refractivity contribution in [2.75, 3.05) is 28.4 Å². The zero-order chi connectivity index (χ0) is 54.9. The number of nitrogens with zero attached hydrogens (tertiary/aromatic N) is 1. The van der Waals surface area contributed by atoms with E-state index in [-0.39, 0.29) is 124 Å². The zero-order valence-electron chi connectivity index (χ0n) is 45.7. The number of esters is 2. The van der Waals surface area contributed by atoms with Crippen LogP contribution in [0.5, 0.6) is 23.0 Å². The van der Waals surface area contributed by atoms with Crippen LogP contribution < -0.4 is 4.74 Å². The van der Waals surface area contributed by atoms with Gasteiger partial charge in [-0.2, -0.15) is 0 Å². The number of phenolic OH excluding ortho intramolecular Hbond substituents is 2. The van der Waals surface area contributed by atoms with Gasteiger partial charge in [-0.3, -0.25) is 14.4 Å². The molecule has 418 valence electrons. The summed E-state index contributed by atoms with van der Waals surface area (Å²) in [6.07, 6.45) is 7.76. The van der Waals surface area contributed by atoms with Gasteiger partial charge in [-0.15, -0.1) is 0 Å². The number of hydrogen-bond donors (Lipinski definition) is 2. The predicted octanol–water partition coefficient (Wildman–Crippen LogP) is 8.68. The lowest BCUT2D eigenvalue weighted by atomic mass is 9.70. The van der Waals surface area contributed by atoms with Crippen molar-refractivity contribution in [2.24, 2.45) is 35.5 Å². The number of phenols is 2. The third-order valence-corrected chi connectivity index (χ3v) is 18.4. The molecule has 6 unspecified atom stereocenters. The second-order valence-corrected chi connectivity index (χ2v) is 22.7. The van der Waals surface area contributed by atoms with Crippen molar-refractivity contribution < 1.29 is 76.8 Å². The van der Waals surface area contributed by atoms with Gasteiger partial charge < -0.3 is 62.5 Å². The van der Waals surface area contributed by atoms with E-state index in [0.717, 1.165) is 12.8 Å². The number of ether oxygens (including phenoxy) is 10. The molecule has 5 aliphatic heterocycles. The molecular formula is C61H73NO16. The van der Waals surface area contributed by atoms with Crippen LogP contribution in [0.3, 0.4) is 0 Å². The molecule has 1 amide bonds. The first-order valence-corrected chi connectivity index (χ1v) is 27.9. The Kier molecular flexibility index (Phi) is 15.2. The highest BCUT2D eigenvalue weighted by Gasteiger charge is 2.56. The number of cyclic esters (lactones) is 1. The summed E-state index contributed by atoms with van der Waals surface area (Å²) in [5.74, 6) is -1.35. The molecular weight excluding hydrogens is 1000 g/mol. The average molecular weight is 1080 g/mol. The van der Waals surface area contributed by atoms with Gasteiger partial charge in [0, 0.05) is 81.0 Å². The summed E-state index contributed by atoms with van der Waals surface area (Å²) in [7, 11) is 6.63. The molecule has 1 saturated carbocycles. The van der Waals surface area contributed by atoms with Crippen LogP contribution in [0.2, 0.25) is 0 Å². The maximum absolute atomic E-state index is 15.1. The third kappa shape index (κ3) is 9.53. The highest BCUT2D eigenvalue weighted by atomic mass is 16.7. The number of fused-ring (bicyclic) bond motifs is 11. The van der Waals surface area contributed by atoms with Gasteiger partial charge in [0.05, 0.1) is 42.4 Å². The molecule has 78 heavy (non-hydrogen) atoms. The summed E-state index contributed by atoms with van der Waals surface area (Å²) in [6.45, 7) is 7.83. The van der Waals surface area contributed by atoms with Crippen LogP contribution in [-0.2, 0) is 57.8 Å². The van der Waals surface area contributed by atoms with E-state index in [1.807, 2.05) is 27.7 Å². The largest absolute Gasteiger partial charge is 0.508 e. The molecule has 0 aromatic heterocycles. The van der Waals surface area contributed by atoms with Gasteiger partial charge in [0.25, 0.3) is 5.91 Å². The monoisotopic (exact) mass is 1080 g/mol. The van der Waals surface area contributed by atoms with Crippen molar-refractivity contribution in [3.8, 4) is 23.0 Å². The molecule has 8 aliphatic rings. The second-order valence-electron chi connectivity index (χ2n) is 22.7. The van der Waals surface area contributed by atoms with Gasteiger partial charge in [-0.1, -0.05) is 38.1 Å². The minimum Gasteiger partial charge on any atom is -0.508 e.